The maximum atomic E-state index is 12.9. The number of aliphatic carboxylic acids is 1. The fourth-order valence-corrected chi connectivity index (χ4v) is 1.67. The Bertz CT molecular complexity index is 739. The van der Waals surface area contributed by atoms with Crippen LogP contribution < -0.4 is 16.0 Å². The topological polar surface area (TPSA) is 124 Å². The molecule has 2 amide bonds. The Balaban J connectivity index is 2.26. The lowest BCUT2D eigenvalue weighted by molar-refractivity contribution is -0.300. The second kappa shape index (κ2) is 6.04. The van der Waals surface area contributed by atoms with Gasteiger partial charge in [0.2, 0.25) is 0 Å². The van der Waals surface area contributed by atoms with Crippen molar-refractivity contribution in [1.82, 2.24) is 16.0 Å². The number of aromatic nitrogens is 1. The molecule has 0 bridgehead atoms. The summed E-state index contributed by atoms with van der Waals surface area (Å²) in [5, 5.41) is 13.9. The zero-order valence-corrected chi connectivity index (χ0v) is 11.2. The number of benzene rings is 1. The summed E-state index contributed by atoms with van der Waals surface area (Å²) in [6.07, 6.45) is 0. The molecule has 22 heavy (non-hydrogen) atoms. The number of rotatable bonds is 2. The molecule has 114 valence electrons. The van der Waals surface area contributed by atoms with Crippen molar-refractivity contribution in [2.45, 2.75) is 6.92 Å². The molecule has 0 fully saturated rings. The van der Waals surface area contributed by atoms with E-state index in [1.54, 1.807) is 5.43 Å². The zero-order valence-electron chi connectivity index (χ0n) is 11.2. The van der Waals surface area contributed by atoms with Gasteiger partial charge in [-0.3, -0.25) is 20.4 Å². The largest absolute Gasteiger partial charge is 0.540 e. The summed E-state index contributed by atoms with van der Waals surface area (Å²) < 4.78 is 17.8. The van der Waals surface area contributed by atoms with Gasteiger partial charge in [0.25, 0.3) is 11.8 Å². The molecular formula is C13H9FN3O5-. The number of halogens is 1. The highest BCUT2D eigenvalue weighted by Gasteiger charge is 2.22. The van der Waals surface area contributed by atoms with Gasteiger partial charge in [-0.15, -0.1) is 0 Å². The van der Waals surface area contributed by atoms with Crippen LogP contribution in [0.4, 0.5) is 4.39 Å². The van der Waals surface area contributed by atoms with Crippen LogP contribution in [0.3, 0.4) is 0 Å². The summed E-state index contributed by atoms with van der Waals surface area (Å²) in [6, 6.07) is 5.14. The summed E-state index contributed by atoms with van der Waals surface area (Å²) in [5.41, 5.74) is 4.06. The van der Waals surface area contributed by atoms with Crippen molar-refractivity contribution >= 4 is 17.8 Å². The molecule has 0 aliphatic rings. The normalized spacial score (nSPS) is 10.1. The molecule has 0 spiro atoms. The molecule has 9 heteroatoms. The van der Waals surface area contributed by atoms with E-state index >= 15 is 0 Å². The van der Waals surface area contributed by atoms with Gasteiger partial charge in [-0.1, -0.05) is 5.16 Å². The highest BCUT2D eigenvalue weighted by atomic mass is 19.1. The summed E-state index contributed by atoms with van der Waals surface area (Å²) in [4.78, 5) is 33.1. The fourth-order valence-electron chi connectivity index (χ4n) is 1.67. The molecule has 0 unspecified atom stereocenters. The lowest BCUT2D eigenvalue weighted by Gasteiger charge is -2.07. The van der Waals surface area contributed by atoms with E-state index in [1.165, 1.54) is 31.2 Å². The van der Waals surface area contributed by atoms with Crippen molar-refractivity contribution in [3.8, 4) is 11.3 Å². The molecule has 0 aliphatic heterocycles. The number of hydrogen-bond acceptors (Lipinski definition) is 6. The number of nitrogens with zero attached hydrogens (tertiary/aromatic N) is 1. The Hall–Kier alpha value is -3.23. The Morgan fingerprint density at radius 1 is 1.18 bits per heavy atom. The van der Waals surface area contributed by atoms with Crippen LogP contribution in [-0.4, -0.2) is 22.9 Å². The van der Waals surface area contributed by atoms with Crippen molar-refractivity contribution < 1.29 is 28.4 Å². The third kappa shape index (κ3) is 3.08. The van der Waals surface area contributed by atoms with Gasteiger partial charge in [0.15, 0.2) is 0 Å². The summed E-state index contributed by atoms with van der Waals surface area (Å²) >= 11 is 0. The number of hydrogen-bond donors (Lipinski definition) is 2. The summed E-state index contributed by atoms with van der Waals surface area (Å²) in [6.45, 7) is 1.45. The molecule has 8 nitrogen and oxygen atoms in total. The van der Waals surface area contributed by atoms with E-state index < -0.39 is 23.6 Å². The van der Waals surface area contributed by atoms with E-state index in [0.29, 0.717) is 5.56 Å². The highest BCUT2D eigenvalue weighted by Crippen LogP contribution is 2.25. The fraction of sp³-hybridized carbons (Fsp3) is 0.0769. The van der Waals surface area contributed by atoms with Crippen LogP contribution in [0.1, 0.15) is 16.1 Å². The molecular weight excluding hydrogens is 297 g/mol. The van der Waals surface area contributed by atoms with Gasteiger partial charge >= 0.3 is 0 Å². The van der Waals surface area contributed by atoms with Crippen LogP contribution in [0, 0.1) is 12.7 Å². The number of carbonyl (C=O) groups is 3. The lowest BCUT2D eigenvalue weighted by atomic mass is 10.1. The number of aryl methyl sites for hydroxylation is 1. The Morgan fingerprint density at radius 3 is 2.41 bits per heavy atom. The molecule has 2 rings (SSSR count). The van der Waals surface area contributed by atoms with E-state index in [2.05, 4.69) is 5.16 Å². The number of nitrogens with one attached hydrogen (secondary N) is 2. The lowest BCUT2D eigenvalue weighted by Crippen LogP contribution is -2.49. The first kappa shape index (κ1) is 15.2. The Labute approximate surface area is 122 Å². The smallest absolute Gasteiger partial charge is 0.285 e. The van der Waals surface area contributed by atoms with Gasteiger partial charge in [0, 0.05) is 5.56 Å². The van der Waals surface area contributed by atoms with E-state index in [0.717, 1.165) is 0 Å². The highest BCUT2D eigenvalue weighted by molar-refractivity contribution is 6.30. The van der Waals surface area contributed by atoms with Crippen molar-refractivity contribution in [3.63, 3.8) is 0 Å². The number of hydrazine groups is 1. The second-order valence-corrected chi connectivity index (χ2v) is 4.16. The van der Waals surface area contributed by atoms with Crippen LogP contribution >= 0.6 is 0 Å². The van der Waals surface area contributed by atoms with Crippen molar-refractivity contribution in [2.24, 2.45) is 0 Å². The summed E-state index contributed by atoms with van der Waals surface area (Å²) in [7, 11) is 0. The first-order chi connectivity index (χ1) is 10.4. The molecule has 1 heterocycles. The van der Waals surface area contributed by atoms with Crippen LogP contribution in [-0.2, 0) is 9.59 Å². The predicted molar refractivity (Wildman–Crippen MR) is 67.2 cm³/mol. The predicted octanol–water partition coefficient (Wildman–Crippen LogP) is -0.700. The standard InChI is InChI=1S/C13H10FN3O5/c1-6-9(11(18)15-16-12(19)13(20)21)10(17-22-6)7-2-4-8(14)5-3-7/h2-5H,1H3,(H,15,18)(H,16,19)(H,20,21)/p-1. The minimum atomic E-state index is -2.00. The third-order valence-corrected chi connectivity index (χ3v) is 2.68. The molecule has 1 aromatic heterocycles. The molecule has 0 radical (unpaired) electrons. The minimum Gasteiger partial charge on any atom is -0.540 e. The second-order valence-electron chi connectivity index (χ2n) is 4.16. The van der Waals surface area contributed by atoms with Gasteiger partial charge in [0.1, 0.15) is 28.8 Å². The molecule has 2 aromatic rings. The molecule has 0 saturated heterocycles. The quantitative estimate of drug-likeness (QED) is 0.558. The molecule has 2 N–H and O–H groups in total. The summed E-state index contributed by atoms with van der Waals surface area (Å²) in [5.74, 6) is -4.67. The third-order valence-electron chi connectivity index (χ3n) is 2.68. The van der Waals surface area contributed by atoms with Crippen molar-refractivity contribution in [3.05, 3.63) is 41.4 Å². The molecule has 1 aromatic carbocycles. The van der Waals surface area contributed by atoms with Crippen molar-refractivity contribution in [1.29, 1.82) is 0 Å². The number of carboxylic acid groups (broad SMARTS) is 1. The van der Waals surface area contributed by atoms with E-state index in [-0.39, 0.29) is 17.0 Å². The van der Waals surface area contributed by atoms with Gasteiger partial charge < -0.3 is 14.4 Å². The average Bonchev–Trinajstić information content (AvgIpc) is 2.87. The Morgan fingerprint density at radius 2 is 1.82 bits per heavy atom. The first-order valence-corrected chi connectivity index (χ1v) is 5.94. The molecule has 0 saturated carbocycles. The number of carbonyl (C=O) groups excluding carboxylic acids is 3. The zero-order chi connectivity index (χ0) is 16.3. The molecule has 0 atom stereocenters. The van der Waals surface area contributed by atoms with Gasteiger partial charge in [-0.05, 0) is 31.2 Å². The van der Waals surface area contributed by atoms with Crippen LogP contribution in [0.15, 0.2) is 28.8 Å². The van der Waals surface area contributed by atoms with Crippen LogP contribution in [0.5, 0.6) is 0 Å². The SMILES string of the molecule is Cc1onc(-c2ccc(F)cc2)c1C(=O)NNC(=O)C(=O)[O-]. The van der Waals surface area contributed by atoms with Crippen LogP contribution in [0.25, 0.3) is 11.3 Å². The first-order valence-electron chi connectivity index (χ1n) is 5.94. The van der Waals surface area contributed by atoms with Gasteiger partial charge in [-0.25, -0.2) is 4.39 Å². The van der Waals surface area contributed by atoms with Gasteiger partial charge in [0.05, 0.1) is 0 Å². The maximum Gasteiger partial charge on any atom is 0.285 e. The van der Waals surface area contributed by atoms with Crippen molar-refractivity contribution in [2.75, 3.05) is 0 Å². The number of amides is 2. The van der Waals surface area contributed by atoms with Crippen LogP contribution in [0.2, 0.25) is 0 Å². The minimum absolute atomic E-state index is 0.0229. The number of carboxylic acids is 1. The Kier molecular flexibility index (Phi) is 4.16. The van der Waals surface area contributed by atoms with Gasteiger partial charge in [-0.2, -0.15) is 0 Å². The molecule has 0 aliphatic carbocycles. The van der Waals surface area contributed by atoms with E-state index in [1.807, 2.05) is 5.43 Å². The monoisotopic (exact) mass is 306 g/mol. The average molecular weight is 306 g/mol. The maximum absolute atomic E-state index is 12.9. The van der Waals surface area contributed by atoms with E-state index in [9.17, 15) is 23.9 Å². The van der Waals surface area contributed by atoms with E-state index in [4.69, 9.17) is 4.52 Å².